The number of hydrogen-bond donors (Lipinski definition) is 2. The monoisotopic (exact) mass is 293 g/mol. The second-order valence-corrected chi connectivity index (χ2v) is 4.87. The highest BCUT2D eigenvalue weighted by molar-refractivity contribution is 5.85. The predicted molar refractivity (Wildman–Crippen MR) is 81.4 cm³/mol. The Labute approximate surface area is 125 Å². The van der Waals surface area contributed by atoms with Crippen LogP contribution in [0.1, 0.15) is 20.3 Å². The van der Waals surface area contributed by atoms with E-state index in [0.29, 0.717) is 26.3 Å². The molecule has 2 rings (SSSR count). The van der Waals surface area contributed by atoms with Crippen LogP contribution in [0.25, 0.3) is 0 Å². The Morgan fingerprint density at radius 3 is 3.10 bits per heavy atom. The van der Waals surface area contributed by atoms with Gasteiger partial charge in [-0.2, -0.15) is 0 Å². The summed E-state index contributed by atoms with van der Waals surface area (Å²) in [5.41, 5.74) is 0. The lowest BCUT2D eigenvalue weighted by atomic mass is 10.2. The Balaban J connectivity index is 2.14. The van der Waals surface area contributed by atoms with E-state index in [1.807, 2.05) is 17.9 Å². The van der Waals surface area contributed by atoms with Crippen LogP contribution in [0.15, 0.2) is 12.4 Å². The van der Waals surface area contributed by atoms with Crippen molar-refractivity contribution in [1.82, 2.24) is 15.3 Å². The molecule has 0 radical (unpaired) electrons. The third-order valence-electron chi connectivity index (χ3n) is 3.29. The summed E-state index contributed by atoms with van der Waals surface area (Å²) in [6.07, 6.45) is 2.55. The summed E-state index contributed by atoms with van der Waals surface area (Å²) >= 11 is 0. The number of anilines is 2. The first-order valence-electron chi connectivity index (χ1n) is 7.44. The minimum absolute atomic E-state index is 0.0288. The average Bonchev–Trinajstić information content (AvgIpc) is 2.53. The van der Waals surface area contributed by atoms with Crippen molar-refractivity contribution in [3.63, 3.8) is 0 Å². The number of carbonyl (C=O) groups is 1. The van der Waals surface area contributed by atoms with Gasteiger partial charge in [0.1, 0.15) is 24.0 Å². The summed E-state index contributed by atoms with van der Waals surface area (Å²) in [6.45, 7) is 7.10. The molecule has 1 aliphatic heterocycles. The number of rotatable bonds is 6. The number of nitrogens with one attached hydrogen (secondary N) is 2. The SMILES string of the molecule is CCCNc1cc(N2CCOCC2C(=O)NCC)ncn1. The van der Waals surface area contributed by atoms with Crippen LogP contribution < -0.4 is 15.5 Å². The highest BCUT2D eigenvalue weighted by Crippen LogP contribution is 2.19. The van der Waals surface area contributed by atoms with Gasteiger partial charge in [0.15, 0.2) is 0 Å². The number of hydrogen-bond acceptors (Lipinski definition) is 6. The number of likely N-dealkylation sites (N-methyl/N-ethyl adjacent to an activating group) is 1. The molecule has 2 N–H and O–H groups in total. The van der Waals surface area contributed by atoms with Gasteiger partial charge in [-0.05, 0) is 13.3 Å². The third-order valence-corrected chi connectivity index (χ3v) is 3.29. The van der Waals surface area contributed by atoms with Gasteiger partial charge in [-0.15, -0.1) is 0 Å². The van der Waals surface area contributed by atoms with Gasteiger partial charge in [0, 0.05) is 25.7 Å². The fourth-order valence-corrected chi connectivity index (χ4v) is 2.24. The van der Waals surface area contributed by atoms with Gasteiger partial charge in [-0.25, -0.2) is 9.97 Å². The standard InChI is InChI=1S/C14H23N5O2/c1-3-5-16-12-8-13(18-10-17-12)19-6-7-21-9-11(19)14(20)15-4-2/h8,10-11H,3-7,9H2,1-2H3,(H,15,20)(H,16,17,18). The molecule has 0 aliphatic carbocycles. The molecule has 1 aliphatic rings. The van der Waals surface area contributed by atoms with Crippen LogP contribution in [-0.4, -0.2) is 54.8 Å². The van der Waals surface area contributed by atoms with E-state index >= 15 is 0 Å². The molecular weight excluding hydrogens is 270 g/mol. The first kappa shape index (κ1) is 15.5. The molecule has 7 nitrogen and oxygen atoms in total. The second-order valence-electron chi connectivity index (χ2n) is 4.87. The quantitative estimate of drug-likeness (QED) is 0.801. The average molecular weight is 293 g/mol. The number of aromatic nitrogens is 2. The Morgan fingerprint density at radius 1 is 1.48 bits per heavy atom. The molecule has 2 heterocycles. The van der Waals surface area contributed by atoms with Crippen LogP contribution in [0, 0.1) is 0 Å². The molecule has 1 unspecified atom stereocenters. The van der Waals surface area contributed by atoms with Crippen LogP contribution in [0.2, 0.25) is 0 Å². The molecule has 1 fully saturated rings. The number of amides is 1. The predicted octanol–water partition coefficient (Wildman–Crippen LogP) is 0.640. The van der Waals surface area contributed by atoms with E-state index in [9.17, 15) is 4.79 Å². The smallest absolute Gasteiger partial charge is 0.245 e. The van der Waals surface area contributed by atoms with Gasteiger partial charge >= 0.3 is 0 Å². The molecule has 1 saturated heterocycles. The zero-order valence-electron chi connectivity index (χ0n) is 12.6. The molecule has 1 aromatic rings. The van der Waals surface area contributed by atoms with Gasteiger partial charge in [-0.1, -0.05) is 6.92 Å². The minimum atomic E-state index is -0.340. The molecular formula is C14H23N5O2. The highest BCUT2D eigenvalue weighted by atomic mass is 16.5. The minimum Gasteiger partial charge on any atom is -0.377 e. The number of nitrogens with zero attached hydrogens (tertiary/aromatic N) is 3. The molecule has 21 heavy (non-hydrogen) atoms. The van der Waals surface area contributed by atoms with E-state index in [1.54, 1.807) is 0 Å². The van der Waals surface area contributed by atoms with E-state index in [4.69, 9.17) is 4.74 Å². The highest BCUT2D eigenvalue weighted by Gasteiger charge is 2.30. The lowest BCUT2D eigenvalue weighted by Gasteiger charge is -2.35. The van der Waals surface area contributed by atoms with Crippen molar-refractivity contribution in [3.8, 4) is 0 Å². The normalized spacial score (nSPS) is 18.4. The molecule has 1 amide bonds. The molecule has 0 saturated carbocycles. The Bertz CT molecular complexity index is 468. The molecule has 116 valence electrons. The zero-order chi connectivity index (χ0) is 15.1. The van der Waals surface area contributed by atoms with E-state index in [0.717, 1.165) is 24.6 Å². The molecule has 7 heteroatoms. The topological polar surface area (TPSA) is 79.4 Å². The zero-order valence-corrected chi connectivity index (χ0v) is 12.6. The summed E-state index contributed by atoms with van der Waals surface area (Å²) in [4.78, 5) is 22.6. The first-order valence-corrected chi connectivity index (χ1v) is 7.44. The molecule has 0 spiro atoms. The van der Waals surface area contributed by atoms with Crippen LogP contribution in [-0.2, 0) is 9.53 Å². The maximum atomic E-state index is 12.1. The van der Waals surface area contributed by atoms with E-state index < -0.39 is 0 Å². The van der Waals surface area contributed by atoms with E-state index in [-0.39, 0.29) is 11.9 Å². The van der Waals surface area contributed by atoms with Crippen LogP contribution in [0.4, 0.5) is 11.6 Å². The molecule has 1 atom stereocenters. The van der Waals surface area contributed by atoms with Crippen LogP contribution >= 0.6 is 0 Å². The van der Waals surface area contributed by atoms with Crippen LogP contribution in [0.3, 0.4) is 0 Å². The Kier molecular flexibility index (Phi) is 5.74. The van der Waals surface area contributed by atoms with Gasteiger partial charge < -0.3 is 20.3 Å². The second kappa shape index (κ2) is 7.78. The largest absolute Gasteiger partial charge is 0.377 e. The Morgan fingerprint density at radius 2 is 2.33 bits per heavy atom. The summed E-state index contributed by atoms with van der Waals surface area (Å²) < 4.78 is 5.43. The summed E-state index contributed by atoms with van der Waals surface area (Å²) in [5, 5.41) is 6.08. The fraction of sp³-hybridized carbons (Fsp3) is 0.643. The van der Waals surface area contributed by atoms with Crippen molar-refractivity contribution in [1.29, 1.82) is 0 Å². The molecule has 1 aromatic heterocycles. The molecule has 0 bridgehead atoms. The lowest BCUT2D eigenvalue weighted by molar-refractivity contribution is -0.124. The van der Waals surface area contributed by atoms with E-state index in [2.05, 4.69) is 27.5 Å². The van der Waals surface area contributed by atoms with Crippen molar-refractivity contribution in [2.45, 2.75) is 26.3 Å². The van der Waals surface area contributed by atoms with Crippen molar-refractivity contribution in [2.75, 3.05) is 43.1 Å². The van der Waals surface area contributed by atoms with Gasteiger partial charge in [0.05, 0.1) is 13.2 Å². The van der Waals surface area contributed by atoms with Crippen molar-refractivity contribution in [2.24, 2.45) is 0 Å². The van der Waals surface area contributed by atoms with Gasteiger partial charge in [0.25, 0.3) is 0 Å². The summed E-state index contributed by atoms with van der Waals surface area (Å²) in [7, 11) is 0. The van der Waals surface area contributed by atoms with Crippen molar-refractivity contribution in [3.05, 3.63) is 12.4 Å². The maximum absolute atomic E-state index is 12.1. The number of morpholine rings is 1. The first-order chi connectivity index (χ1) is 10.3. The lowest BCUT2D eigenvalue weighted by Crippen LogP contribution is -2.54. The van der Waals surface area contributed by atoms with Gasteiger partial charge in [0.2, 0.25) is 5.91 Å². The van der Waals surface area contributed by atoms with E-state index in [1.165, 1.54) is 6.33 Å². The summed E-state index contributed by atoms with van der Waals surface area (Å²) in [6, 6.07) is 1.54. The van der Waals surface area contributed by atoms with Crippen molar-refractivity contribution < 1.29 is 9.53 Å². The summed E-state index contributed by atoms with van der Waals surface area (Å²) in [5.74, 6) is 1.50. The number of carbonyl (C=O) groups excluding carboxylic acids is 1. The maximum Gasteiger partial charge on any atom is 0.245 e. The number of ether oxygens (including phenoxy) is 1. The van der Waals surface area contributed by atoms with Crippen molar-refractivity contribution >= 4 is 17.5 Å². The third kappa shape index (κ3) is 4.04. The van der Waals surface area contributed by atoms with Crippen LogP contribution in [0.5, 0.6) is 0 Å². The van der Waals surface area contributed by atoms with Gasteiger partial charge in [-0.3, -0.25) is 4.79 Å². The molecule has 0 aromatic carbocycles. The fourth-order valence-electron chi connectivity index (χ4n) is 2.24. The Hall–Kier alpha value is -1.89.